The van der Waals surface area contributed by atoms with Gasteiger partial charge < -0.3 is 5.11 Å². The number of hydrogen-bond acceptors (Lipinski definition) is 2. The average Bonchev–Trinajstić information content (AvgIpc) is 2.34. The molecule has 2 aliphatic rings. The summed E-state index contributed by atoms with van der Waals surface area (Å²) >= 11 is 0. The minimum Gasteiger partial charge on any atom is -0.391 e. The summed E-state index contributed by atoms with van der Waals surface area (Å²) in [5.41, 5.74) is 1.19. The van der Waals surface area contributed by atoms with Crippen molar-refractivity contribution < 1.29 is 5.11 Å². The van der Waals surface area contributed by atoms with Crippen LogP contribution in [0.5, 0.6) is 0 Å². The molecule has 0 bridgehead atoms. The van der Waals surface area contributed by atoms with Crippen LogP contribution in [0.2, 0.25) is 0 Å². The van der Waals surface area contributed by atoms with E-state index in [1.165, 1.54) is 18.4 Å². The maximum absolute atomic E-state index is 9.65. The fourth-order valence-corrected chi connectivity index (χ4v) is 2.27. The second-order valence-electron chi connectivity index (χ2n) is 3.70. The summed E-state index contributed by atoms with van der Waals surface area (Å²) in [6, 6.07) is 0.445. The van der Waals surface area contributed by atoms with Gasteiger partial charge in [0.2, 0.25) is 0 Å². The van der Waals surface area contributed by atoms with Crippen LogP contribution in [0.3, 0.4) is 0 Å². The van der Waals surface area contributed by atoms with Crippen LogP contribution in [0.15, 0.2) is 12.2 Å². The molecule has 62 valence electrons. The van der Waals surface area contributed by atoms with E-state index in [9.17, 15) is 5.11 Å². The van der Waals surface area contributed by atoms with Gasteiger partial charge in [-0.2, -0.15) is 0 Å². The lowest BCUT2D eigenvalue weighted by Crippen LogP contribution is -2.44. The first-order chi connectivity index (χ1) is 5.27. The molecule has 0 radical (unpaired) electrons. The zero-order chi connectivity index (χ0) is 7.84. The number of aliphatic hydroxyl groups is 1. The fourth-order valence-electron chi connectivity index (χ4n) is 2.27. The van der Waals surface area contributed by atoms with Crippen LogP contribution >= 0.6 is 0 Å². The molecule has 0 aromatic rings. The third-order valence-corrected chi connectivity index (χ3v) is 2.78. The minimum absolute atomic E-state index is 0.140. The summed E-state index contributed by atoms with van der Waals surface area (Å²) in [7, 11) is 0. The van der Waals surface area contributed by atoms with Crippen LogP contribution in [0.1, 0.15) is 19.3 Å². The van der Waals surface area contributed by atoms with Crippen molar-refractivity contribution in [2.24, 2.45) is 0 Å². The lowest BCUT2D eigenvalue weighted by molar-refractivity contribution is 0.0564. The van der Waals surface area contributed by atoms with E-state index in [0.29, 0.717) is 6.04 Å². The fraction of sp³-hybridized carbons (Fsp3) is 0.778. The molecular weight excluding hydrogens is 138 g/mol. The number of nitrogens with zero attached hydrogens (tertiary/aromatic N) is 1. The van der Waals surface area contributed by atoms with Gasteiger partial charge in [-0.15, -0.1) is 0 Å². The van der Waals surface area contributed by atoms with Gasteiger partial charge in [0, 0.05) is 12.6 Å². The summed E-state index contributed by atoms with van der Waals surface area (Å²) in [6.45, 7) is 6.09. The Morgan fingerprint density at radius 2 is 2.36 bits per heavy atom. The van der Waals surface area contributed by atoms with Crippen molar-refractivity contribution >= 4 is 0 Å². The summed E-state index contributed by atoms with van der Waals surface area (Å²) < 4.78 is 0. The number of hydrogen-bond donors (Lipinski definition) is 1. The van der Waals surface area contributed by atoms with Crippen molar-refractivity contribution in [3.8, 4) is 0 Å². The van der Waals surface area contributed by atoms with Gasteiger partial charge in [0.15, 0.2) is 0 Å². The molecule has 2 saturated heterocycles. The molecule has 0 aromatic carbocycles. The van der Waals surface area contributed by atoms with Crippen molar-refractivity contribution in [1.82, 2.24) is 4.90 Å². The average molecular weight is 153 g/mol. The first-order valence-corrected chi connectivity index (χ1v) is 4.36. The van der Waals surface area contributed by atoms with E-state index in [4.69, 9.17) is 0 Å². The highest BCUT2D eigenvalue weighted by atomic mass is 16.3. The standard InChI is InChI=1S/C9H15NO/c1-7-5-9(11)8-3-2-4-10(8)6-7/h8-9,11H,1-6H2/t8-,9-/m1/s1. The summed E-state index contributed by atoms with van der Waals surface area (Å²) in [4.78, 5) is 2.36. The molecule has 0 saturated carbocycles. The van der Waals surface area contributed by atoms with Crippen LogP contribution in [0, 0.1) is 0 Å². The largest absolute Gasteiger partial charge is 0.391 e. The molecule has 0 unspecified atom stereocenters. The van der Waals surface area contributed by atoms with Gasteiger partial charge in [0.05, 0.1) is 6.10 Å². The molecule has 2 atom stereocenters. The van der Waals surface area contributed by atoms with Crippen molar-refractivity contribution in [1.29, 1.82) is 0 Å². The van der Waals surface area contributed by atoms with Crippen LogP contribution in [0.25, 0.3) is 0 Å². The monoisotopic (exact) mass is 153 g/mol. The zero-order valence-corrected chi connectivity index (χ0v) is 6.79. The van der Waals surface area contributed by atoms with E-state index in [1.54, 1.807) is 0 Å². The Labute approximate surface area is 67.5 Å². The van der Waals surface area contributed by atoms with Crippen LogP contribution < -0.4 is 0 Å². The van der Waals surface area contributed by atoms with E-state index in [2.05, 4.69) is 11.5 Å². The third-order valence-electron chi connectivity index (χ3n) is 2.78. The van der Waals surface area contributed by atoms with Crippen LogP contribution in [-0.2, 0) is 0 Å². The Balaban J connectivity index is 2.10. The van der Waals surface area contributed by atoms with E-state index in [1.807, 2.05) is 0 Å². The van der Waals surface area contributed by atoms with Gasteiger partial charge in [0.1, 0.15) is 0 Å². The van der Waals surface area contributed by atoms with Gasteiger partial charge in [-0.25, -0.2) is 0 Å². The molecule has 2 nitrogen and oxygen atoms in total. The lowest BCUT2D eigenvalue weighted by atomic mass is 9.96. The van der Waals surface area contributed by atoms with E-state index in [0.717, 1.165) is 19.5 Å². The second-order valence-corrected chi connectivity index (χ2v) is 3.70. The summed E-state index contributed by atoms with van der Waals surface area (Å²) in [6.07, 6.45) is 3.10. The molecule has 2 aliphatic heterocycles. The molecule has 2 fully saturated rings. The highest BCUT2D eigenvalue weighted by Gasteiger charge is 2.34. The molecule has 0 spiro atoms. The predicted molar refractivity (Wildman–Crippen MR) is 44.4 cm³/mol. The Bertz CT molecular complexity index is 178. The maximum Gasteiger partial charge on any atom is 0.0732 e. The molecule has 2 heteroatoms. The number of aliphatic hydroxyl groups excluding tert-OH is 1. The topological polar surface area (TPSA) is 23.5 Å². The van der Waals surface area contributed by atoms with Gasteiger partial charge in [-0.3, -0.25) is 4.90 Å². The Hall–Kier alpha value is -0.340. The molecule has 0 aliphatic carbocycles. The molecule has 0 amide bonds. The number of fused-ring (bicyclic) bond motifs is 1. The van der Waals surface area contributed by atoms with Gasteiger partial charge in [0.25, 0.3) is 0 Å². The molecule has 0 aromatic heterocycles. The van der Waals surface area contributed by atoms with Gasteiger partial charge in [-0.05, 0) is 25.8 Å². The first-order valence-electron chi connectivity index (χ1n) is 4.36. The van der Waals surface area contributed by atoms with Crippen LogP contribution in [-0.4, -0.2) is 35.2 Å². The number of rotatable bonds is 0. The molecule has 2 heterocycles. The van der Waals surface area contributed by atoms with E-state index in [-0.39, 0.29) is 6.10 Å². The normalized spacial score (nSPS) is 39.2. The first kappa shape index (κ1) is 7.32. The van der Waals surface area contributed by atoms with Gasteiger partial charge >= 0.3 is 0 Å². The van der Waals surface area contributed by atoms with Gasteiger partial charge in [-0.1, -0.05) is 12.2 Å². The van der Waals surface area contributed by atoms with E-state index < -0.39 is 0 Å². The Morgan fingerprint density at radius 1 is 1.55 bits per heavy atom. The summed E-state index contributed by atoms with van der Waals surface area (Å²) in [5, 5.41) is 9.65. The highest BCUT2D eigenvalue weighted by molar-refractivity contribution is 5.08. The molecule has 11 heavy (non-hydrogen) atoms. The smallest absolute Gasteiger partial charge is 0.0732 e. The molecule has 1 N–H and O–H groups in total. The highest BCUT2D eigenvalue weighted by Crippen LogP contribution is 2.28. The second kappa shape index (κ2) is 2.61. The Kier molecular flexibility index (Phi) is 1.74. The van der Waals surface area contributed by atoms with Crippen molar-refractivity contribution in [3.63, 3.8) is 0 Å². The third kappa shape index (κ3) is 1.21. The summed E-state index contributed by atoms with van der Waals surface area (Å²) in [5.74, 6) is 0. The van der Waals surface area contributed by atoms with Crippen molar-refractivity contribution in [2.45, 2.75) is 31.4 Å². The molecular formula is C9H15NO. The van der Waals surface area contributed by atoms with Crippen LogP contribution in [0.4, 0.5) is 0 Å². The van der Waals surface area contributed by atoms with Crippen molar-refractivity contribution in [2.75, 3.05) is 13.1 Å². The quantitative estimate of drug-likeness (QED) is 0.520. The predicted octanol–water partition coefficient (Wildman–Crippen LogP) is 0.772. The minimum atomic E-state index is -0.140. The van der Waals surface area contributed by atoms with Crippen molar-refractivity contribution in [3.05, 3.63) is 12.2 Å². The van der Waals surface area contributed by atoms with E-state index >= 15 is 0 Å². The maximum atomic E-state index is 9.65. The molecule has 2 rings (SSSR count). The SMILES string of the molecule is C=C1C[C@@H](O)[C@H]2CCCN2C1. The Morgan fingerprint density at radius 3 is 3.18 bits per heavy atom. The number of piperidine rings is 1. The zero-order valence-electron chi connectivity index (χ0n) is 6.79. The lowest BCUT2D eigenvalue weighted by Gasteiger charge is -2.34.